The fourth-order valence-electron chi connectivity index (χ4n) is 2.14. The Hall–Kier alpha value is -1.22. The van der Waals surface area contributed by atoms with Crippen molar-refractivity contribution in [2.45, 2.75) is 32.2 Å². The van der Waals surface area contributed by atoms with Crippen molar-refractivity contribution in [3.8, 4) is 11.5 Å². The Balaban J connectivity index is 2.10. The molecule has 0 saturated carbocycles. The highest BCUT2D eigenvalue weighted by Gasteiger charge is 2.22. The maximum Gasteiger partial charge on any atom is 0.157 e. The molecule has 15 heavy (non-hydrogen) atoms. The predicted octanol–water partition coefficient (Wildman–Crippen LogP) is 1.56. The van der Waals surface area contributed by atoms with Crippen LogP contribution in [0.4, 0.5) is 0 Å². The van der Waals surface area contributed by atoms with E-state index in [0.29, 0.717) is 6.04 Å². The quantitative estimate of drug-likeness (QED) is 0.659. The molecule has 0 heterocycles. The number of phenols is 2. The Kier molecular flexibility index (Phi) is 2.82. The Bertz CT molecular complexity index is 332. The second kappa shape index (κ2) is 4.11. The van der Waals surface area contributed by atoms with Gasteiger partial charge < -0.3 is 15.5 Å². The van der Waals surface area contributed by atoms with E-state index in [2.05, 4.69) is 12.2 Å². The molecule has 0 saturated heterocycles. The van der Waals surface area contributed by atoms with Crippen LogP contribution in [0.1, 0.15) is 24.5 Å². The summed E-state index contributed by atoms with van der Waals surface area (Å²) in [6, 6.07) is 3.82. The van der Waals surface area contributed by atoms with Crippen molar-refractivity contribution in [3.63, 3.8) is 0 Å². The van der Waals surface area contributed by atoms with Crippen LogP contribution < -0.4 is 5.32 Å². The molecule has 0 fully saturated rings. The molecule has 1 aromatic carbocycles. The summed E-state index contributed by atoms with van der Waals surface area (Å²) in [5.74, 6) is -0.0187. The number of benzene rings is 1. The predicted molar refractivity (Wildman–Crippen MR) is 59.3 cm³/mol. The van der Waals surface area contributed by atoms with Crippen molar-refractivity contribution in [2.24, 2.45) is 0 Å². The standard InChI is InChI=1S/C12H17NO2/c1-2-3-13-10-4-8-6-11(14)12(15)7-9(8)5-10/h6-7,10,13-15H,2-5H2,1H3. The van der Waals surface area contributed by atoms with Crippen LogP contribution in [0.15, 0.2) is 12.1 Å². The van der Waals surface area contributed by atoms with E-state index >= 15 is 0 Å². The molecule has 3 heteroatoms. The molecule has 0 bridgehead atoms. The number of hydrogen-bond donors (Lipinski definition) is 3. The van der Waals surface area contributed by atoms with Crippen LogP contribution in [0.5, 0.6) is 11.5 Å². The first-order valence-electron chi connectivity index (χ1n) is 5.47. The SMILES string of the molecule is CCCNC1Cc2cc(O)c(O)cc2C1. The number of aromatic hydroxyl groups is 2. The Morgan fingerprint density at radius 3 is 2.20 bits per heavy atom. The maximum absolute atomic E-state index is 9.38. The van der Waals surface area contributed by atoms with E-state index in [4.69, 9.17) is 0 Å². The smallest absolute Gasteiger partial charge is 0.157 e. The van der Waals surface area contributed by atoms with Gasteiger partial charge in [-0.25, -0.2) is 0 Å². The van der Waals surface area contributed by atoms with E-state index in [-0.39, 0.29) is 11.5 Å². The molecule has 3 nitrogen and oxygen atoms in total. The van der Waals surface area contributed by atoms with Gasteiger partial charge in [0.25, 0.3) is 0 Å². The molecule has 1 aliphatic rings. The minimum absolute atomic E-state index is 0.00936. The summed E-state index contributed by atoms with van der Waals surface area (Å²) in [6.45, 7) is 3.17. The van der Waals surface area contributed by atoms with E-state index in [1.807, 2.05) is 0 Å². The minimum atomic E-state index is -0.00936. The fraction of sp³-hybridized carbons (Fsp3) is 0.500. The molecule has 0 amide bonds. The lowest BCUT2D eigenvalue weighted by Gasteiger charge is -2.09. The molecule has 3 N–H and O–H groups in total. The fourth-order valence-corrected chi connectivity index (χ4v) is 2.14. The summed E-state index contributed by atoms with van der Waals surface area (Å²) in [5.41, 5.74) is 2.30. The van der Waals surface area contributed by atoms with Crippen molar-refractivity contribution in [1.82, 2.24) is 5.32 Å². The van der Waals surface area contributed by atoms with Gasteiger partial charge in [-0.2, -0.15) is 0 Å². The monoisotopic (exact) mass is 207 g/mol. The van der Waals surface area contributed by atoms with Gasteiger partial charge in [-0.1, -0.05) is 6.92 Å². The Morgan fingerprint density at radius 2 is 1.73 bits per heavy atom. The van der Waals surface area contributed by atoms with E-state index in [1.54, 1.807) is 12.1 Å². The Labute approximate surface area is 89.8 Å². The van der Waals surface area contributed by atoms with Crippen LogP contribution in [0.3, 0.4) is 0 Å². The first-order chi connectivity index (χ1) is 7.20. The zero-order valence-corrected chi connectivity index (χ0v) is 8.95. The zero-order chi connectivity index (χ0) is 10.8. The van der Waals surface area contributed by atoms with E-state index < -0.39 is 0 Å². The van der Waals surface area contributed by atoms with Crippen molar-refractivity contribution < 1.29 is 10.2 Å². The lowest BCUT2D eigenvalue weighted by atomic mass is 10.1. The molecular formula is C12H17NO2. The van der Waals surface area contributed by atoms with Crippen LogP contribution in [0, 0.1) is 0 Å². The summed E-state index contributed by atoms with van der Waals surface area (Å²) in [6.07, 6.45) is 3.02. The summed E-state index contributed by atoms with van der Waals surface area (Å²) in [5, 5.41) is 22.2. The zero-order valence-electron chi connectivity index (χ0n) is 8.95. The molecule has 0 aliphatic heterocycles. The molecule has 0 aromatic heterocycles. The van der Waals surface area contributed by atoms with E-state index in [9.17, 15) is 10.2 Å². The summed E-state index contributed by atoms with van der Waals surface area (Å²) in [4.78, 5) is 0. The normalized spacial score (nSPS) is 15.5. The number of phenolic OH excluding ortho intramolecular Hbond substituents is 2. The van der Waals surface area contributed by atoms with Crippen LogP contribution in [-0.4, -0.2) is 22.8 Å². The van der Waals surface area contributed by atoms with Gasteiger partial charge in [0.05, 0.1) is 0 Å². The third-order valence-corrected chi connectivity index (χ3v) is 2.91. The molecule has 82 valence electrons. The van der Waals surface area contributed by atoms with Crippen molar-refractivity contribution in [3.05, 3.63) is 23.3 Å². The summed E-state index contributed by atoms with van der Waals surface area (Å²) >= 11 is 0. The van der Waals surface area contributed by atoms with Crippen LogP contribution in [0.25, 0.3) is 0 Å². The second-order valence-electron chi connectivity index (χ2n) is 4.17. The van der Waals surface area contributed by atoms with Crippen LogP contribution in [0.2, 0.25) is 0 Å². The molecule has 0 spiro atoms. The van der Waals surface area contributed by atoms with Crippen molar-refractivity contribution >= 4 is 0 Å². The lowest BCUT2D eigenvalue weighted by Crippen LogP contribution is -2.29. The molecule has 0 radical (unpaired) electrons. The third kappa shape index (κ3) is 2.07. The molecule has 1 aliphatic carbocycles. The number of nitrogens with one attached hydrogen (secondary N) is 1. The number of hydrogen-bond acceptors (Lipinski definition) is 3. The van der Waals surface area contributed by atoms with Gasteiger partial charge in [-0.05, 0) is 49.1 Å². The third-order valence-electron chi connectivity index (χ3n) is 2.91. The van der Waals surface area contributed by atoms with E-state index in [1.165, 1.54) is 0 Å². The first kappa shape index (κ1) is 10.3. The molecule has 0 unspecified atom stereocenters. The van der Waals surface area contributed by atoms with Gasteiger partial charge in [-0.15, -0.1) is 0 Å². The number of rotatable bonds is 3. The topological polar surface area (TPSA) is 52.5 Å². The lowest BCUT2D eigenvalue weighted by molar-refractivity contribution is 0.403. The van der Waals surface area contributed by atoms with Crippen molar-refractivity contribution in [1.29, 1.82) is 0 Å². The van der Waals surface area contributed by atoms with Gasteiger partial charge in [0.1, 0.15) is 0 Å². The highest BCUT2D eigenvalue weighted by atomic mass is 16.3. The van der Waals surface area contributed by atoms with Gasteiger partial charge in [0, 0.05) is 6.04 Å². The van der Waals surface area contributed by atoms with Gasteiger partial charge in [-0.3, -0.25) is 0 Å². The Morgan fingerprint density at radius 1 is 1.20 bits per heavy atom. The van der Waals surface area contributed by atoms with Crippen LogP contribution in [-0.2, 0) is 12.8 Å². The maximum atomic E-state index is 9.38. The largest absolute Gasteiger partial charge is 0.504 e. The van der Waals surface area contributed by atoms with Crippen molar-refractivity contribution in [2.75, 3.05) is 6.54 Å². The summed E-state index contributed by atoms with van der Waals surface area (Å²) < 4.78 is 0. The van der Waals surface area contributed by atoms with Gasteiger partial charge >= 0.3 is 0 Å². The molecule has 0 atom stereocenters. The second-order valence-corrected chi connectivity index (χ2v) is 4.17. The van der Waals surface area contributed by atoms with Gasteiger partial charge in [0.2, 0.25) is 0 Å². The first-order valence-corrected chi connectivity index (χ1v) is 5.47. The average Bonchev–Trinajstić information content (AvgIpc) is 2.58. The molecule has 1 aromatic rings. The van der Waals surface area contributed by atoms with E-state index in [0.717, 1.165) is 36.9 Å². The van der Waals surface area contributed by atoms with Gasteiger partial charge in [0.15, 0.2) is 11.5 Å². The minimum Gasteiger partial charge on any atom is -0.504 e. The van der Waals surface area contributed by atoms with Crippen LogP contribution >= 0.6 is 0 Å². The summed E-state index contributed by atoms with van der Waals surface area (Å²) in [7, 11) is 0. The highest BCUT2D eigenvalue weighted by Crippen LogP contribution is 2.33. The highest BCUT2D eigenvalue weighted by molar-refractivity contribution is 5.48. The average molecular weight is 207 g/mol. The molecule has 2 rings (SSSR count). The number of fused-ring (bicyclic) bond motifs is 1. The molecular weight excluding hydrogens is 190 g/mol.